The van der Waals surface area contributed by atoms with Crippen LogP contribution in [0, 0.1) is 23.0 Å². The first kappa shape index (κ1) is 15.2. The standard InChI is InChI=1S/C14H19N3O4/c1-9-7-11(17(20)21)13(15-8-9)16-12(14(18)19)10-5-3-2-4-6-10/h7-8,10,12H,2-6H2,1H3,(H,15,16)(H,18,19). The Kier molecular flexibility index (Phi) is 4.72. The first-order valence-corrected chi connectivity index (χ1v) is 7.09. The maximum Gasteiger partial charge on any atom is 0.326 e. The second-order valence-electron chi connectivity index (χ2n) is 5.50. The van der Waals surface area contributed by atoms with E-state index in [1.807, 2.05) is 0 Å². The van der Waals surface area contributed by atoms with E-state index in [1.165, 1.54) is 12.3 Å². The highest BCUT2D eigenvalue weighted by Gasteiger charge is 2.31. The van der Waals surface area contributed by atoms with Crippen molar-refractivity contribution in [1.82, 2.24) is 4.98 Å². The van der Waals surface area contributed by atoms with Crippen LogP contribution >= 0.6 is 0 Å². The number of rotatable bonds is 5. The summed E-state index contributed by atoms with van der Waals surface area (Å²) in [6.07, 6.45) is 6.26. The lowest BCUT2D eigenvalue weighted by molar-refractivity contribution is -0.384. The van der Waals surface area contributed by atoms with Gasteiger partial charge in [-0.25, -0.2) is 9.78 Å². The van der Waals surface area contributed by atoms with Crippen LogP contribution in [0.4, 0.5) is 11.5 Å². The topological polar surface area (TPSA) is 105 Å². The van der Waals surface area contributed by atoms with Gasteiger partial charge in [-0.15, -0.1) is 0 Å². The van der Waals surface area contributed by atoms with E-state index >= 15 is 0 Å². The average Bonchev–Trinajstić information content (AvgIpc) is 2.46. The molecule has 1 unspecified atom stereocenters. The maximum absolute atomic E-state index is 11.5. The molecule has 0 saturated heterocycles. The molecule has 1 aliphatic rings. The predicted molar refractivity (Wildman–Crippen MR) is 77.2 cm³/mol. The number of hydrogen-bond acceptors (Lipinski definition) is 5. The van der Waals surface area contributed by atoms with E-state index in [9.17, 15) is 20.0 Å². The molecule has 1 atom stereocenters. The molecule has 1 aromatic heterocycles. The molecular formula is C14H19N3O4. The van der Waals surface area contributed by atoms with Crippen LogP contribution in [0.25, 0.3) is 0 Å². The van der Waals surface area contributed by atoms with Gasteiger partial charge in [-0.1, -0.05) is 19.3 Å². The van der Waals surface area contributed by atoms with Crippen LogP contribution in [0.3, 0.4) is 0 Å². The summed E-state index contributed by atoms with van der Waals surface area (Å²) in [5.41, 5.74) is 0.480. The van der Waals surface area contributed by atoms with Crippen LogP contribution in [0.1, 0.15) is 37.7 Å². The average molecular weight is 293 g/mol. The minimum absolute atomic E-state index is 0.0149. The van der Waals surface area contributed by atoms with E-state index in [2.05, 4.69) is 10.3 Å². The summed E-state index contributed by atoms with van der Waals surface area (Å²) in [4.78, 5) is 26.0. The zero-order chi connectivity index (χ0) is 15.4. The molecule has 2 N–H and O–H groups in total. The number of hydrogen-bond donors (Lipinski definition) is 2. The summed E-state index contributed by atoms with van der Waals surface area (Å²) in [5, 5.41) is 23.3. The Morgan fingerprint density at radius 3 is 2.71 bits per heavy atom. The largest absolute Gasteiger partial charge is 0.480 e. The number of aryl methyl sites for hydroxylation is 1. The molecule has 7 heteroatoms. The molecule has 0 bridgehead atoms. The Hall–Kier alpha value is -2.18. The van der Waals surface area contributed by atoms with Crippen LogP contribution in [0.2, 0.25) is 0 Å². The molecule has 0 aliphatic heterocycles. The Labute approximate surface area is 122 Å². The van der Waals surface area contributed by atoms with Crippen molar-refractivity contribution in [3.05, 3.63) is 27.9 Å². The molecule has 0 amide bonds. The predicted octanol–water partition coefficient (Wildman–Crippen LogP) is 2.74. The Balaban J connectivity index is 2.24. The summed E-state index contributed by atoms with van der Waals surface area (Å²) in [6, 6.07) is 0.564. The van der Waals surface area contributed by atoms with Gasteiger partial charge in [-0.05, 0) is 31.2 Å². The lowest BCUT2D eigenvalue weighted by Gasteiger charge is -2.28. The zero-order valence-electron chi connectivity index (χ0n) is 11.9. The van der Waals surface area contributed by atoms with Crippen molar-refractivity contribution in [2.75, 3.05) is 5.32 Å². The van der Waals surface area contributed by atoms with Gasteiger partial charge in [0.05, 0.1) is 4.92 Å². The van der Waals surface area contributed by atoms with Gasteiger partial charge in [0.1, 0.15) is 6.04 Å². The fourth-order valence-electron chi connectivity index (χ4n) is 2.80. The Bertz CT molecular complexity index is 541. The van der Waals surface area contributed by atoms with Crippen molar-refractivity contribution in [2.45, 2.75) is 45.1 Å². The highest BCUT2D eigenvalue weighted by atomic mass is 16.6. The molecule has 1 aliphatic carbocycles. The van der Waals surface area contributed by atoms with E-state index in [-0.39, 0.29) is 17.4 Å². The smallest absolute Gasteiger partial charge is 0.326 e. The number of nitrogens with zero attached hydrogens (tertiary/aromatic N) is 2. The van der Waals surface area contributed by atoms with Crippen molar-refractivity contribution in [3.8, 4) is 0 Å². The number of aromatic nitrogens is 1. The van der Waals surface area contributed by atoms with Crippen molar-refractivity contribution in [3.63, 3.8) is 0 Å². The van der Waals surface area contributed by atoms with Gasteiger partial charge in [-0.2, -0.15) is 0 Å². The number of aliphatic carboxylic acids is 1. The number of carbonyl (C=O) groups is 1. The molecule has 0 radical (unpaired) electrons. The molecule has 114 valence electrons. The van der Waals surface area contributed by atoms with Gasteiger partial charge in [0.15, 0.2) is 0 Å². The number of nitro groups is 1. The fraction of sp³-hybridized carbons (Fsp3) is 0.571. The highest BCUT2D eigenvalue weighted by molar-refractivity contribution is 5.78. The molecule has 1 fully saturated rings. The van der Waals surface area contributed by atoms with E-state index in [0.29, 0.717) is 5.56 Å². The summed E-state index contributed by atoms with van der Waals surface area (Å²) in [7, 11) is 0. The molecule has 1 heterocycles. The van der Waals surface area contributed by atoms with Gasteiger partial charge in [0.25, 0.3) is 0 Å². The third-order valence-electron chi connectivity index (χ3n) is 3.88. The van der Waals surface area contributed by atoms with E-state index < -0.39 is 16.9 Å². The van der Waals surface area contributed by atoms with Gasteiger partial charge in [-0.3, -0.25) is 10.1 Å². The van der Waals surface area contributed by atoms with Gasteiger partial charge < -0.3 is 10.4 Å². The minimum Gasteiger partial charge on any atom is -0.480 e. The van der Waals surface area contributed by atoms with Crippen LogP contribution in [0.5, 0.6) is 0 Å². The third-order valence-corrected chi connectivity index (χ3v) is 3.88. The second kappa shape index (κ2) is 6.51. The molecule has 7 nitrogen and oxygen atoms in total. The number of anilines is 1. The summed E-state index contributed by atoms with van der Waals surface area (Å²) in [5.74, 6) is -0.971. The number of carboxylic acids is 1. The van der Waals surface area contributed by atoms with Crippen molar-refractivity contribution in [1.29, 1.82) is 0 Å². The quantitative estimate of drug-likeness (QED) is 0.638. The van der Waals surface area contributed by atoms with Crippen molar-refractivity contribution >= 4 is 17.5 Å². The molecule has 0 spiro atoms. The highest BCUT2D eigenvalue weighted by Crippen LogP contribution is 2.30. The summed E-state index contributed by atoms with van der Waals surface area (Å²) in [6.45, 7) is 1.71. The third kappa shape index (κ3) is 3.68. The fourth-order valence-corrected chi connectivity index (χ4v) is 2.80. The summed E-state index contributed by atoms with van der Waals surface area (Å²) >= 11 is 0. The first-order chi connectivity index (χ1) is 9.99. The molecule has 1 saturated carbocycles. The van der Waals surface area contributed by atoms with Crippen LogP contribution in [-0.4, -0.2) is 27.0 Å². The minimum atomic E-state index is -0.987. The maximum atomic E-state index is 11.5. The normalized spacial score (nSPS) is 17.2. The summed E-state index contributed by atoms with van der Waals surface area (Å²) < 4.78 is 0. The monoisotopic (exact) mass is 293 g/mol. The van der Waals surface area contributed by atoms with E-state index in [0.717, 1.165) is 32.1 Å². The molecule has 0 aromatic carbocycles. The molecule has 21 heavy (non-hydrogen) atoms. The second-order valence-corrected chi connectivity index (χ2v) is 5.50. The Morgan fingerprint density at radius 1 is 1.48 bits per heavy atom. The molecule has 1 aromatic rings. The first-order valence-electron chi connectivity index (χ1n) is 7.09. The van der Waals surface area contributed by atoms with Gasteiger partial charge >= 0.3 is 11.7 Å². The van der Waals surface area contributed by atoms with Crippen molar-refractivity contribution in [2.24, 2.45) is 5.92 Å². The SMILES string of the molecule is Cc1cnc(NC(C(=O)O)C2CCCCC2)c([N+](=O)[O-])c1. The number of nitrogens with one attached hydrogen (secondary N) is 1. The number of carboxylic acid groups (broad SMARTS) is 1. The van der Waals surface area contributed by atoms with Crippen LogP contribution in [0.15, 0.2) is 12.3 Å². The van der Waals surface area contributed by atoms with Crippen LogP contribution < -0.4 is 5.32 Å². The molecule has 2 rings (SSSR count). The van der Waals surface area contributed by atoms with Gasteiger partial charge in [0.2, 0.25) is 5.82 Å². The lowest BCUT2D eigenvalue weighted by Crippen LogP contribution is -2.38. The van der Waals surface area contributed by atoms with Crippen molar-refractivity contribution < 1.29 is 14.8 Å². The Morgan fingerprint density at radius 2 is 2.14 bits per heavy atom. The molecular weight excluding hydrogens is 274 g/mol. The van der Waals surface area contributed by atoms with Gasteiger partial charge in [0, 0.05) is 12.3 Å². The van der Waals surface area contributed by atoms with E-state index in [1.54, 1.807) is 6.92 Å². The zero-order valence-corrected chi connectivity index (χ0v) is 11.9. The number of pyridine rings is 1. The van der Waals surface area contributed by atoms with E-state index in [4.69, 9.17) is 0 Å². The van der Waals surface area contributed by atoms with Crippen LogP contribution in [-0.2, 0) is 4.79 Å². The lowest BCUT2D eigenvalue weighted by atomic mass is 9.84.